The van der Waals surface area contributed by atoms with Gasteiger partial charge in [-0.15, -0.1) is 11.8 Å². The molecule has 2 bridgehead atoms. The van der Waals surface area contributed by atoms with E-state index in [0.717, 1.165) is 5.25 Å². The van der Waals surface area contributed by atoms with E-state index in [4.69, 9.17) is 0 Å². The first-order chi connectivity index (χ1) is 6.21. The second-order valence-electron chi connectivity index (χ2n) is 4.41. The molecule has 2 aliphatic rings. The topological polar surface area (TPSA) is 0 Å². The van der Waals surface area contributed by atoms with Gasteiger partial charge < -0.3 is 0 Å². The van der Waals surface area contributed by atoms with Crippen LogP contribution in [0.15, 0.2) is 18.2 Å². The summed E-state index contributed by atoms with van der Waals surface area (Å²) < 4.78 is 0.450. The zero-order valence-corrected chi connectivity index (χ0v) is 8.95. The van der Waals surface area contributed by atoms with Gasteiger partial charge in [0.05, 0.1) is 0 Å². The van der Waals surface area contributed by atoms with Crippen molar-refractivity contribution >= 4 is 11.8 Å². The van der Waals surface area contributed by atoms with Crippen LogP contribution in [0, 0.1) is 6.92 Å². The maximum atomic E-state index is 2.41. The van der Waals surface area contributed by atoms with Gasteiger partial charge in [-0.25, -0.2) is 0 Å². The van der Waals surface area contributed by atoms with Gasteiger partial charge in [-0.05, 0) is 43.4 Å². The molecule has 0 nitrogen and oxygen atoms in total. The molecule has 1 fully saturated rings. The number of hydrogen-bond acceptors (Lipinski definition) is 1. The van der Waals surface area contributed by atoms with Crippen LogP contribution in [0.4, 0.5) is 0 Å². The van der Waals surface area contributed by atoms with Crippen LogP contribution in [0.3, 0.4) is 0 Å². The fraction of sp³-hybridized carbons (Fsp3) is 0.500. The van der Waals surface area contributed by atoms with E-state index < -0.39 is 0 Å². The molecular formula is C12H14S. The zero-order chi connectivity index (χ0) is 9.05. The fourth-order valence-corrected chi connectivity index (χ4v) is 4.64. The number of hydrogen-bond donors (Lipinski definition) is 0. The zero-order valence-electron chi connectivity index (χ0n) is 8.13. The number of benzene rings is 1. The maximum absolute atomic E-state index is 2.41. The minimum absolute atomic E-state index is 0.450. The van der Waals surface area contributed by atoms with Crippen LogP contribution in [0.1, 0.15) is 41.7 Å². The van der Waals surface area contributed by atoms with E-state index in [1.54, 1.807) is 11.1 Å². The predicted octanol–water partition coefficient (Wildman–Crippen LogP) is 3.79. The number of thioether (sulfide) groups is 1. The molecule has 1 saturated heterocycles. The second kappa shape index (κ2) is 2.33. The Bertz CT molecular complexity index is 369. The van der Waals surface area contributed by atoms with Crippen molar-refractivity contribution in [3.05, 3.63) is 34.9 Å². The Morgan fingerprint density at radius 2 is 2.31 bits per heavy atom. The van der Waals surface area contributed by atoms with E-state index in [1.165, 1.54) is 18.4 Å². The molecule has 0 N–H and O–H groups in total. The Hall–Kier alpha value is -0.430. The van der Waals surface area contributed by atoms with Gasteiger partial charge in [-0.2, -0.15) is 0 Å². The van der Waals surface area contributed by atoms with E-state index >= 15 is 0 Å². The van der Waals surface area contributed by atoms with Crippen molar-refractivity contribution in [3.63, 3.8) is 0 Å². The van der Waals surface area contributed by atoms with E-state index in [0.29, 0.717) is 4.75 Å². The van der Waals surface area contributed by atoms with Crippen LogP contribution >= 0.6 is 11.8 Å². The quantitative estimate of drug-likeness (QED) is 0.599. The summed E-state index contributed by atoms with van der Waals surface area (Å²) in [5.74, 6) is 0. The maximum Gasteiger partial charge on any atom is 0.0390 e. The average molecular weight is 190 g/mol. The highest BCUT2D eigenvalue weighted by Gasteiger charge is 2.46. The van der Waals surface area contributed by atoms with Crippen LogP contribution in [0.5, 0.6) is 0 Å². The molecule has 0 saturated carbocycles. The Labute approximate surface area is 83.7 Å². The minimum atomic E-state index is 0.450. The van der Waals surface area contributed by atoms with Crippen LogP contribution in [0.25, 0.3) is 0 Å². The molecule has 3 rings (SSSR count). The molecule has 68 valence electrons. The molecule has 0 unspecified atom stereocenters. The van der Waals surface area contributed by atoms with Gasteiger partial charge in [-0.3, -0.25) is 0 Å². The van der Waals surface area contributed by atoms with Gasteiger partial charge >= 0.3 is 0 Å². The Morgan fingerprint density at radius 3 is 3.08 bits per heavy atom. The van der Waals surface area contributed by atoms with Gasteiger partial charge in [-0.1, -0.05) is 18.2 Å². The van der Waals surface area contributed by atoms with Crippen molar-refractivity contribution in [2.75, 3.05) is 0 Å². The predicted molar refractivity (Wildman–Crippen MR) is 58.1 cm³/mol. The monoisotopic (exact) mass is 190 g/mol. The first-order valence-electron chi connectivity index (χ1n) is 4.98. The smallest absolute Gasteiger partial charge is 0.0390 e. The molecular weight excluding hydrogens is 176 g/mol. The molecule has 2 heterocycles. The van der Waals surface area contributed by atoms with Crippen LogP contribution in [-0.4, -0.2) is 0 Å². The van der Waals surface area contributed by atoms with Crippen molar-refractivity contribution < 1.29 is 0 Å². The van der Waals surface area contributed by atoms with E-state index in [9.17, 15) is 0 Å². The molecule has 2 aliphatic heterocycles. The van der Waals surface area contributed by atoms with E-state index in [2.05, 4.69) is 43.8 Å². The van der Waals surface area contributed by atoms with Crippen LogP contribution in [0.2, 0.25) is 0 Å². The van der Waals surface area contributed by atoms with Crippen molar-refractivity contribution in [3.8, 4) is 0 Å². The first kappa shape index (κ1) is 7.93. The summed E-state index contributed by atoms with van der Waals surface area (Å²) >= 11 is 2.18. The molecule has 2 atom stereocenters. The summed E-state index contributed by atoms with van der Waals surface area (Å²) in [6, 6.07) is 6.79. The van der Waals surface area contributed by atoms with Gasteiger partial charge in [0.25, 0.3) is 0 Å². The van der Waals surface area contributed by atoms with Crippen LogP contribution < -0.4 is 0 Å². The van der Waals surface area contributed by atoms with Gasteiger partial charge in [0.1, 0.15) is 0 Å². The lowest BCUT2D eigenvalue weighted by atomic mass is 9.82. The molecule has 1 aromatic rings. The normalized spacial score (nSPS) is 35.1. The highest BCUT2D eigenvalue weighted by atomic mass is 32.2. The second-order valence-corrected chi connectivity index (χ2v) is 6.12. The van der Waals surface area contributed by atoms with Crippen molar-refractivity contribution in [1.82, 2.24) is 0 Å². The summed E-state index contributed by atoms with van der Waals surface area (Å²) in [5, 5.41) is 0.807. The van der Waals surface area contributed by atoms with Crippen molar-refractivity contribution in [2.24, 2.45) is 0 Å². The summed E-state index contributed by atoms with van der Waals surface area (Å²) in [5.41, 5.74) is 4.77. The third kappa shape index (κ3) is 0.887. The van der Waals surface area contributed by atoms with Crippen molar-refractivity contribution in [2.45, 2.75) is 36.7 Å². The number of aryl methyl sites for hydroxylation is 1. The molecule has 0 spiro atoms. The summed E-state index contributed by atoms with van der Waals surface area (Å²) in [4.78, 5) is 0. The standard InChI is InChI=1S/C12H14S/c1-8-4-3-5-9-11(8)10-6-7-12(9,2)13-10/h3-5,10H,6-7H2,1-2H3/t10-,12-/m0/s1. The summed E-state index contributed by atoms with van der Waals surface area (Å²) in [6.45, 7) is 4.66. The molecule has 0 amide bonds. The minimum Gasteiger partial charge on any atom is -0.142 e. The van der Waals surface area contributed by atoms with E-state index in [-0.39, 0.29) is 0 Å². The number of rotatable bonds is 0. The largest absolute Gasteiger partial charge is 0.142 e. The molecule has 0 aliphatic carbocycles. The Kier molecular flexibility index (Phi) is 1.42. The third-order valence-corrected chi connectivity index (χ3v) is 5.20. The Balaban J connectivity index is 2.30. The van der Waals surface area contributed by atoms with Gasteiger partial charge in [0.15, 0.2) is 0 Å². The molecule has 1 aromatic carbocycles. The first-order valence-corrected chi connectivity index (χ1v) is 5.86. The lowest BCUT2D eigenvalue weighted by molar-refractivity contribution is 0.589. The third-order valence-electron chi connectivity index (χ3n) is 3.50. The summed E-state index contributed by atoms with van der Waals surface area (Å²) in [7, 11) is 0. The SMILES string of the molecule is Cc1cccc2c1[C@@H]1CC[C@]2(C)S1. The fourth-order valence-electron chi connectivity index (χ4n) is 2.81. The van der Waals surface area contributed by atoms with Crippen molar-refractivity contribution in [1.29, 1.82) is 0 Å². The van der Waals surface area contributed by atoms with Gasteiger partial charge in [0.2, 0.25) is 0 Å². The average Bonchev–Trinajstić information content (AvgIpc) is 2.59. The van der Waals surface area contributed by atoms with Crippen LogP contribution in [-0.2, 0) is 4.75 Å². The van der Waals surface area contributed by atoms with Gasteiger partial charge in [0, 0.05) is 10.00 Å². The lowest BCUT2D eigenvalue weighted by Crippen LogP contribution is -2.13. The van der Waals surface area contributed by atoms with E-state index in [1.807, 2.05) is 0 Å². The molecule has 0 radical (unpaired) electrons. The molecule has 1 heteroatoms. The highest BCUT2D eigenvalue weighted by molar-refractivity contribution is 8.01. The number of fused-ring (bicyclic) bond motifs is 5. The lowest BCUT2D eigenvalue weighted by Gasteiger charge is -2.23. The summed E-state index contributed by atoms with van der Waals surface area (Å²) in [6.07, 6.45) is 2.76. The Morgan fingerprint density at radius 1 is 1.46 bits per heavy atom. The molecule has 13 heavy (non-hydrogen) atoms. The molecule has 0 aromatic heterocycles. The highest BCUT2D eigenvalue weighted by Crippen LogP contribution is 2.65.